The summed E-state index contributed by atoms with van der Waals surface area (Å²) >= 11 is 6.44. The number of nitrogen functional groups attached to an aromatic ring is 1. The molecule has 3 fully saturated rings. The molecule has 0 saturated carbocycles. The average molecular weight is 754 g/mol. The van der Waals surface area contributed by atoms with Gasteiger partial charge in [0, 0.05) is 64.4 Å². The fraction of sp³-hybridized carbons (Fsp3) is 0.633. The van der Waals surface area contributed by atoms with E-state index in [2.05, 4.69) is 32.0 Å². The number of β-amino-alcohol motifs (C(OH)–C–C–N with tert-alkyl or cyclic N) is 1. The number of aliphatic hydroxyl groups is 1. The first-order valence-corrected chi connectivity index (χ1v) is 18.3. The molecular formula is C30H41ClF5N9O4S. The van der Waals surface area contributed by atoms with Gasteiger partial charge < -0.3 is 26.0 Å². The molecule has 13 nitrogen and oxygen atoms in total. The highest BCUT2D eigenvalue weighted by molar-refractivity contribution is 7.90. The highest BCUT2D eigenvalue weighted by Gasteiger charge is 2.45. The molecule has 5 N–H and O–H groups in total. The van der Waals surface area contributed by atoms with Crippen LogP contribution in [0.25, 0.3) is 0 Å². The van der Waals surface area contributed by atoms with Crippen molar-refractivity contribution in [3.05, 3.63) is 40.2 Å². The molecule has 3 saturated heterocycles. The van der Waals surface area contributed by atoms with E-state index >= 15 is 0 Å². The van der Waals surface area contributed by atoms with Crippen LogP contribution in [0.3, 0.4) is 0 Å². The lowest BCUT2D eigenvalue weighted by Gasteiger charge is -2.47. The molecule has 3 aliphatic rings. The number of nitrogens with one attached hydrogen (secondary N) is 2. The van der Waals surface area contributed by atoms with Crippen molar-refractivity contribution in [3.63, 3.8) is 0 Å². The SMILES string of the molecule is CC[C@H]1CN(c2nc(N)c(C(=O)NCCNS(=O)(=O)C(F)(F)F)nc2Cl)CCN1C1CCN(Cc2ccc(F)c(F)c2N2CC[C@@H](O)C2)CC1. The van der Waals surface area contributed by atoms with Crippen molar-refractivity contribution >= 4 is 44.9 Å². The summed E-state index contributed by atoms with van der Waals surface area (Å²) in [5.74, 6) is -2.62. The number of nitrogens with zero attached hydrogens (tertiary/aromatic N) is 6. The van der Waals surface area contributed by atoms with Crippen molar-refractivity contribution in [1.29, 1.82) is 0 Å². The molecule has 50 heavy (non-hydrogen) atoms. The Morgan fingerprint density at radius 2 is 1.76 bits per heavy atom. The molecule has 2 aromatic rings. The van der Waals surface area contributed by atoms with E-state index in [-0.39, 0.29) is 34.9 Å². The lowest BCUT2D eigenvalue weighted by atomic mass is 9.97. The van der Waals surface area contributed by atoms with Gasteiger partial charge in [-0.3, -0.25) is 14.6 Å². The van der Waals surface area contributed by atoms with Crippen LogP contribution in [0, 0.1) is 11.6 Å². The van der Waals surface area contributed by atoms with Crippen LogP contribution in [0.15, 0.2) is 12.1 Å². The maximum atomic E-state index is 14.9. The minimum absolute atomic E-state index is 0.0845. The summed E-state index contributed by atoms with van der Waals surface area (Å²) in [5.41, 5.74) is 1.14. The lowest BCUT2D eigenvalue weighted by molar-refractivity contribution is -0.0447. The molecule has 3 aliphatic heterocycles. The molecule has 0 unspecified atom stereocenters. The zero-order valence-corrected chi connectivity index (χ0v) is 29.0. The number of nitrogens with two attached hydrogens (primary N) is 1. The van der Waals surface area contributed by atoms with E-state index < -0.39 is 52.3 Å². The maximum absolute atomic E-state index is 14.9. The first kappa shape index (κ1) is 38.1. The topological polar surface area (TPSA) is 160 Å². The number of aromatic nitrogens is 2. The Morgan fingerprint density at radius 3 is 2.40 bits per heavy atom. The molecule has 20 heteroatoms. The maximum Gasteiger partial charge on any atom is 0.511 e. The van der Waals surface area contributed by atoms with E-state index in [9.17, 15) is 40.3 Å². The fourth-order valence-corrected chi connectivity index (χ4v) is 7.64. The van der Waals surface area contributed by atoms with Crippen LogP contribution in [-0.2, 0) is 16.6 Å². The summed E-state index contributed by atoms with van der Waals surface area (Å²) in [5, 5.41) is 12.1. The Kier molecular flexibility index (Phi) is 11.9. The van der Waals surface area contributed by atoms with E-state index in [1.807, 2.05) is 4.90 Å². The Labute approximate surface area is 292 Å². The number of hydrogen-bond acceptors (Lipinski definition) is 11. The Balaban J connectivity index is 1.15. The monoisotopic (exact) mass is 753 g/mol. The number of aliphatic hydroxyl groups excluding tert-OH is 1. The van der Waals surface area contributed by atoms with Gasteiger partial charge >= 0.3 is 15.5 Å². The molecule has 2 atom stereocenters. The number of carbonyl (C=O) groups excluding carboxylic acids is 1. The van der Waals surface area contributed by atoms with Crippen molar-refractivity contribution in [2.75, 3.05) is 74.4 Å². The number of halogens is 6. The Hall–Kier alpha value is -3.10. The number of benzene rings is 1. The molecule has 0 bridgehead atoms. The summed E-state index contributed by atoms with van der Waals surface area (Å²) in [6.07, 6.45) is 2.54. The second kappa shape index (κ2) is 15.6. The van der Waals surface area contributed by atoms with Crippen LogP contribution in [-0.4, -0.2) is 122 Å². The van der Waals surface area contributed by atoms with Gasteiger partial charge in [-0.1, -0.05) is 24.6 Å². The largest absolute Gasteiger partial charge is 0.511 e. The van der Waals surface area contributed by atoms with Crippen LogP contribution in [0.1, 0.15) is 48.7 Å². The number of rotatable bonds is 11. The molecule has 0 aliphatic carbocycles. The number of sulfonamides is 1. The highest BCUT2D eigenvalue weighted by atomic mass is 35.5. The quantitative estimate of drug-likeness (QED) is 0.197. The third kappa shape index (κ3) is 8.50. The van der Waals surface area contributed by atoms with Gasteiger partial charge in [0.1, 0.15) is 0 Å². The average Bonchev–Trinajstić information content (AvgIpc) is 3.50. The number of carbonyl (C=O) groups is 1. The van der Waals surface area contributed by atoms with Gasteiger partial charge in [0.15, 0.2) is 34.1 Å². The zero-order chi connectivity index (χ0) is 36.4. The van der Waals surface area contributed by atoms with Crippen molar-refractivity contribution < 1.29 is 40.3 Å². The number of hydrogen-bond donors (Lipinski definition) is 4. The summed E-state index contributed by atoms with van der Waals surface area (Å²) in [6.45, 7) is 5.47. The molecule has 1 aromatic carbocycles. The normalized spacial score (nSPS) is 21.6. The molecule has 1 aromatic heterocycles. The number of likely N-dealkylation sites (tertiary alicyclic amines) is 1. The van der Waals surface area contributed by atoms with Crippen molar-refractivity contribution in [2.45, 2.75) is 62.8 Å². The van der Waals surface area contributed by atoms with E-state index in [0.717, 1.165) is 38.4 Å². The van der Waals surface area contributed by atoms with E-state index in [1.54, 1.807) is 11.0 Å². The predicted octanol–water partition coefficient (Wildman–Crippen LogP) is 2.30. The van der Waals surface area contributed by atoms with Gasteiger partial charge in [0.05, 0.1) is 11.8 Å². The number of piperidine rings is 1. The summed E-state index contributed by atoms with van der Waals surface area (Å²) in [7, 11) is -5.55. The Bertz CT molecular complexity index is 1650. The van der Waals surface area contributed by atoms with Gasteiger partial charge in [-0.05, 0) is 50.4 Å². The van der Waals surface area contributed by atoms with E-state index in [4.69, 9.17) is 17.3 Å². The van der Waals surface area contributed by atoms with Crippen LogP contribution in [0.5, 0.6) is 0 Å². The standard InChI is InChI=1S/C30H41ClF5N9O4S/c1-2-19-16-44(28-26(31)40-24(27(37)41-28)29(47)38-8-9-39-50(48,49)30(34,35)36)13-14-45(19)20-5-10-42(11-6-20)15-18-3-4-22(32)23(33)25(18)43-12-7-21(46)17-43/h3-4,19-21,39,46H,2,5-17H2,1H3,(H2,37,41)(H,38,47)/t19-,21+/m0/s1. The predicted molar refractivity (Wildman–Crippen MR) is 177 cm³/mol. The summed E-state index contributed by atoms with van der Waals surface area (Å²) < 4.78 is 90.1. The van der Waals surface area contributed by atoms with Gasteiger partial charge in [-0.25, -0.2) is 31.9 Å². The van der Waals surface area contributed by atoms with Crippen molar-refractivity contribution in [2.24, 2.45) is 0 Å². The van der Waals surface area contributed by atoms with Crippen LogP contribution in [0.2, 0.25) is 5.15 Å². The van der Waals surface area contributed by atoms with Gasteiger partial charge in [-0.2, -0.15) is 13.2 Å². The lowest BCUT2D eigenvalue weighted by Crippen LogP contribution is -2.58. The first-order chi connectivity index (χ1) is 23.6. The molecule has 0 radical (unpaired) electrons. The van der Waals surface area contributed by atoms with Crippen LogP contribution in [0.4, 0.5) is 39.3 Å². The number of amides is 1. The first-order valence-electron chi connectivity index (χ1n) is 16.4. The van der Waals surface area contributed by atoms with Crippen LogP contribution >= 0.6 is 11.6 Å². The van der Waals surface area contributed by atoms with E-state index in [1.165, 1.54) is 4.72 Å². The Morgan fingerprint density at radius 1 is 1.04 bits per heavy atom. The third-order valence-electron chi connectivity index (χ3n) is 9.44. The second-order valence-electron chi connectivity index (χ2n) is 12.7. The molecule has 278 valence electrons. The molecule has 4 heterocycles. The molecule has 0 spiro atoms. The van der Waals surface area contributed by atoms with Gasteiger partial charge in [0.2, 0.25) is 0 Å². The summed E-state index contributed by atoms with van der Waals surface area (Å²) in [4.78, 5) is 29.4. The smallest absolute Gasteiger partial charge is 0.391 e. The van der Waals surface area contributed by atoms with Crippen molar-refractivity contribution in [3.8, 4) is 0 Å². The summed E-state index contributed by atoms with van der Waals surface area (Å²) in [6, 6.07) is 3.23. The molecular weight excluding hydrogens is 713 g/mol. The number of piperazine rings is 1. The van der Waals surface area contributed by atoms with Crippen LogP contribution < -0.4 is 25.6 Å². The number of alkyl halides is 3. The van der Waals surface area contributed by atoms with E-state index in [0.29, 0.717) is 56.6 Å². The second-order valence-corrected chi connectivity index (χ2v) is 14.8. The highest BCUT2D eigenvalue weighted by Crippen LogP contribution is 2.33. The molecule has 5 rings (SSSR count). The molecule has 1 amide bonds. The number of anilines is 3. The fourth-order valence-electron chi connectivity index (χ4n) is 6.86. The minimum Gasteiger partial charge on any atom is -0.391 e. The zero-order valence-electron chi connectivity index (χ0n) is 27.4. The van der Waals surface area contributed by atoms with Gasteiger partial charge in [-0.15, -0.1) is 0 Å². The van der Waals surface area contributed by atoms with Crippen molar-refractivity contribution in [1.82, 2.24) is 29.8 Å². The third-order valence-corrected chi connectivity index (χ3v) is 10.9. The minimum atomic E-state index is -5.55. The van der Waals surface area contributed by atoms with Gasteiger partial charge in [0.25, 0.3) is 5.91 Å².